The molecular weight excluding hydrogens is 342 g/mol. The maximum atomic E-state index is 12.4. The van der Waals surface area contributed by atoms with E-state index in [9.17, 15) is 9.59 Å². The van der Waals surface area contributed by atoms with Crippen LogP contribution in [0.25, 0.3) is 0 Å². The van der Waals surface area contributed by atoms with Crippen molar-refractivity contribution in [2.45, 2.75) is 39.5 Å². The van der Waals surface area contributed by atoms with Gasteiger partial charge in [-0.2, -0.15) is 0 Å². The van der Waals surface area contributed by atoms with Crippen molar-refractivity contribution >= 4 is 12.1 Å². The zero-order valence-electron chi connectivity index (χ0n) is 16.1. The highest BCUT2D eigenvalue weighted by Gasteiger charge is 2.27. The number of benzene rings is 2. The maximum Gasteiger partial charge on any atom is 0.410 e. The van der Waals surface area contributed by atoms with Crippen LogP contribution >= 0.6 is 0 Å². The molecule has 0 radical (unpaired) electrons. The van der Waals surface area contributed by atoms with Crippen molar-refractivity contribution in [3.05, 3.63) is 71.8 Å². The zero-order valence-corrected chi connectivity index (χ0v) is 16.1. The van der Waals surface area contributed by atoms with E-state index in [4.69, 9.17) is 9.47 Å². The molecule has 0 bridgehead atoms. The van der Waals surface area contributed by atoms with E-state index in [-0.39, 0.29) is 37.6 Å². The summed E-state index contributed by atoms with van der Waals surface area (Å²) in [6.45, 7) is 4.37. The topological polar surface area (TPSA) is 55.8 Å². The van der Waals surface area contributed by atoms with E-state index in [1.165, 1.54) is 4.90 Å². The van der Waals surface area contributed by atoms with Gasteiger partial charge in [0.25, 0.3) is 0 Å². The Morgan fingerprint density at radius 2 is 1.33 bits per heavy atom. The summed E-state index contributed by atoms with van der Waals surface area (Å²) in [7, 11) is 1.66. The number of hydrogen-bond donors (Lipinski definition) is 0. The van der Waals surface area contributed by atoms with Crippen molar-refractivity contribution in [3.63, 3.8) is 0 Å². The highest BCUT2D eigenvalue weighted by Crippen LogP contribution is 2.16. The van der Waals surface area contributed by atoms with Gasteiger partial charge in [0, 0.05) is 13.1 Å². The lowest BCUT2D eigenvalue weighted by atomic mass is 10.00. The van der Waals surface area contributed by atoms with Crippen LogP contribution in [0, 0.1) is 5.92 Å². The highest BCUT2D eigenvalue weighted by molar-refractivity contribution is 5.72. The van der Waals surface area contributed by atoms with E-state index in [2.05, 4.69) is 0 Å². The molecule has 0 saturated heterocycles. The summed E-state index contributed by atoms with van der Waals surface area (Å²) in [4.78, 5) is 26.1. The van der Waals surface area contributed by atoms with Gasteiger partial charge in [-0.15, -0.1) is 0 Å². The van der Waals surface area contributed by atoms with Crippen LogP contribution in [-0.4, -0.2) is 30.1 Å². The molecule has 1 amide bonds. The van der Waals surface area contributed by atoms with Gasteiger partial charge < -0.3 is 14.4 Å². The third-order valence-corrected chi connectivity index (χ3v) is 4.38. The normalized spacial score (nSPS) is 11.7. The Hall–Kier alpha value is -2.82. The van der Waals surface area contributed by atoms with Crippen LogP contribution in [0.4, 0.5) is 4.79 Å². The maximum absolute atomic E-state index is 12.4. The quantitative estimate of drug-likeness (QED) is 0.647. The Morgan fingerprint density at radius 1 is 0.852 bits per heavy atom. The number of ether oxygens (including phenoxy) is 2. The molecule has 0 N–H and O–H groups in total. The molecule has 144 valence electrons. The molecule has 0 aliphatic rings. The summed E-state index contributed by atoms with van der Waals surface area (Å²) < 4.78 is 10.7. The predicted molar refractivity (Wildman–Crippen MR) is 104 cm³/mol. The van der Waals surface area contributed by atoms with Crippen LogP contribution < -0.4 is 0 Å². The third-order valence-electron chi connectivity index (χ3n) is 4.38. The number of carbonyl (C=O) groups is 2. The fraction of sp³-hybridized carbons (Fsp3) is 0.364. The lowest BCUT2D eigenvalue weighted by molar-refractivity contribution is -0.146. The second-order valence-electron chi connectivity index (χ2n) is 6.81. The van der Waals surface area contributed by atoms with E-state index in [0.717, 1.165) is 11.1 Å². The van der Waals surface area contributed by atoms with Crippen LogP contribution in [0.15, 0.2) is 60.7 Å². The van der Waals surface area contributed by atoms with Gasteiger partial charge in [0.1, 0.15) is 13.2 Å². The Bertz CT molecular complexity index is 716. The Kier molecular flexibility index (Phi) is 7.86. The summed E-state index contributed by atoms with van der Waals surface area (Å²) in [6, 6.07) is 18.7. The SMILES string of the molecule is CC(C)[C@H](CC(=O)OCc1ccccc1)N(C)C(=O)OCc1ccccc1. The lowest BCUT2D eigenvalue weighted by Gasteiger charge is -2.30. The van der Waals surface area contributed by atoms with Crippen molar-refractivity contribution in [1.82, 2.24) is 4.90 Å². The molecule has 2 aromatic rings. The van der Waals surface area contributed by atoms with E-state index in [1.807, 2.05) is 74.5 Å². The van der Waals surface area contributed by atoms with Crippen LogP contribution in [0.5, 0.6) is 0 Å². The first-order chi connectivity index (χ1) is 13.0. The van der Waals surface area contributed by atoms with E-state index in [1.54, 1.807) is 7.05 Å². The van der Waals surface area contributed by atoms with Gasteiger partial charge in [0.05, 0.1) is 6.42 Å². The minimum atomic E-state index is -0.451. The molecule has 0 saturated carbocycles. The number of carbonyl (C=O) groups excluding carboxylic acids is 2. The van der Waals surface area contributed by atoms with Crippen molar-refractivity contribution in [2.24, 2.45) is 5.92 Å². The van der Waals surface area contributed by atoms with Crippen LogP contribution in [0.3, 0.4) is 0 Å². The summed E-state index contributed by atoms with van der Waals surface area (Å²) in [5.74, 6) is -0.246. The molecule has 0 fully saturated rings. The molecule has 0 unspecified atom stereocenters. The molecule has 2 aromatic carbocycles. The third kappa shape index (κ3) is 6.77. The standard InChI is InChI=1S/C22H27NO4/c1-17(2)20(14-21(24)26-15-18-10-6-4-7-11-18)23(3)22(25)27-16-19-12-8-5-9-13-19/h4-13,17,20H,14-16H2,1-3H3/t20-/m0/s1. The Balaban J connectivity index is 1.86. The molecule has 0 aliphatic heterocycles. The van der Waals surface area contributed by atoms with E-state index in [0.29, 0.717) is 0 Å². The minimum absolute atomic E-state index is 0.0866. The molecule has 1 atom stereocenters. The summed E-state index contributed by atoms with van der Waals surface area (Å²) in [5.41, 5.74) is 1.85. The van der Waals surface area contributed by atoms with Gasteiger partial charge >= 0.3 is 12.1 Å². The zero-order chi connectivity index (χ0) is 19.6. The fourth-order valence-electron chi connectivity index (χ4n) is 2.74. The Morgan fingerprint density at radius 3 is 1.81 bits per heavy atom. The number of nitrogens with zero attached hydrogens (tertiary/aromatic N) is 1. The summed E-state index contributed by atoms with van der Waals surface area (Å²) in [5, 5.41) is 0. The molecule has 0 aliphatic carbocycles. The van der Waals surface area contributed by atoms with Crippen molar-refractivity contribution < 1.29 is 19.1 Å². The number of hydrogen-bond acceptors (Lipinski definition) is 4. The Labute approximate surface area is 160 Å². The predicted octanol–water partition coefficient (Wildman–Crippen LogP) is 4.41. The number of amides is 1. The van der Waals surface area contributed by atoms with Gasteiger partial charge in [0.2, 0.25) is 0 Å². The molecule has 2 rings (SSSR count). The minimum Gasteiger partial charge on any atom is -0.461 e. The van der Waals surface area contributed by atoms with Crippen molar-refractivity contribution in [2.75, 3.05) is 7.05 Å². The molecule has 0 aromatic heterocycles. The van der Waals surface area contributed by atoms with Gasteiger partial charge in [-0.1, -0.05) is 74.5 Å². The second-order valence-corrected chi connectivity index (χ2v) is 6.81. The van der Waals surface area contributed by atoms with E-state index < -0.39 is 6.09 Å². The summed E-state index contributed by atoms with van der Waals surface area (Å²) >= 11 is 0. The molecular formula is C22H27NO4. The van der Waals surface area contributed by atoms with Gasteiger partial charge in [-0.05, 0) is 17.0 Å². The number of esters is 1. The van der Waals surface area contributed by atoms with Crippen LogP contribution in [-0.2, 0) is 27.5 Å². The van der Waals surface area contributed by atoms with Crippen molar-refractivity contribution in [1.29, 1.82) is 0 Å². The molecule has 0 spiro atoms. The largest absolute Gasteiger partial charge is 0.461 e. The van der Waals surface area contributed by atoms with Gasteiger partial charge in [0.15, 0.2) is 0 Å². The van der Waals surface area contributed by atoms with Crippen LogP contribution in [0.2, 0.25) is 0 Å². The second kappa shape index (κ2) is 10.4. The number of rotatable bonds is 8. The monoisotopic (exact) mass is 369 g/mol. The average Bonchev–Trinajstić information content (AvgIpc) is 2.69. The lowest BCUT2D eigenvalue weighted by Crippen LogP contribution is -2.42. The molecule has 5 nitrogen and oxygen atoms in total. The summed E-state index contributed by atoms with van der Waals surface area (Å²) in [6.07, 6.45) is -0.324. The first-order valence-corrected chi connectivity index (χ1v) is 9.10. The fourth-order valence-corrected chi connectivity index (χ4v) is 2.74. The van der Waals surface area contributed by atoms with Gasteiger partial charge in [-0.25, -0.2) is 4.79 Å². The first-order valence-electron chi connectivity index (χ1n) is 9.10. The highest BCUT2D eigenvalue weighted by atomic mass is 16.6. The van der Waals surface area contributed by atoms with Crippen LogP contribution in [0.1, 0.15) is 31.4 Å². The molecule has 0 heterocycles. The first kappa shape index (κ1) is 20.5. The van der Waals surface area contributed by atoms with E-state index >= 15 is 0 Å². The van der Waals surface area contributed by atoms with Gasteiger partial charge in [-0.3, -0.25) is 4.79 Å². The van der Waals surface area contributed by atoms with Crippen molar-refractivity contribution in [3.8, 4) is 0 Å². The smallest absolute Gasteiger partial charge is 0.410 e. The average molecular weight is 369 g/mol. The molecule has 27 heavy (non-hydrogen) atoms. The molecule has 5 heteroatoms.